The molecule has 0 bridgehead atoms. The molecular formula is C15H22N4S. The molecule has 1 heterocycles. The highest BCUT2D eigenvalue weighted by atomic mass is 32.1. The number of tetrazole rings is 1. The van der Waals surface area contributed by atoms with Crippen molar-refractivity contribution in [1.29, 1.82) is 0 Å². The lowest BCUT2D eigenvalue weighted by Gasteiger charge is -2.14. The number of rotatable bonds is 4. The molecule has 20 heavy (non-hydrogen) atoms. The van der Waals surface area contributed by atoms with Crippen molar-refractivity contribution >= 4 is 12.2 Å². The minimum Gasteiger partial charge on any atom is -0.215 e. The summed E-state index contributed by atoms with van der Waals surface area (Å²) in [6.07, 6.45) is 0.984. The molecule has 2 aromatic rings. The zero-order valence-corrected chi connectivity index (χ0v) is 13.6. The van der Waals surface area contributed by atoms with E-state index in [1.54, 1.807) is 4.68 Å². The summed E-state index contributed by atoms with van der Waals surface area (Å²) in [5.41, 5.74) is 3.49. The van der Waals surface area contributed by atoms with E-state index in [0.29, 0.717) is 10.7 Å². The third-order valence-electron chi connectivity index (χ3n) is 3.71. The van der Waals surface area contributed by atoms with Gasteiger partial charge in [0.15, 0.2) is 0 Å². The summed E-state index contributed by atoms with van der Waals surface area (Å²) in [6, 6.07) is 6.57. The Hall–Kier alpha value is -1.49. The van der Waals surface area contributed by atoms with Gasteiger partial charge in [-0.1, -0.05) is 39.0 Å². The molecule has 0 amide bonds. The fraction of sp³-hybridized carbons (Fsp3) is 0.533. The Labute approximate surface area is 125 Å². The highest BCUT2D eigenvalue weighted by Gasteiger charge is 2.16. The molecule has 108 valence electrons. The number of hydrogen-bond acceptors (Lipinski definition) is 3. The molecule has 1 aromatic carbocycles. The summed E-state index contributed by atoms with van der Waals surface area (Å²) >= 11 is 5.56. The van der Waals surface area contributed by atoms with Crippen LogP contribution in [0.5, 0.6) is 0 Å². The van der Waals surface area contributed by atoms with Gasteiger partial charge in [0, 0.05) is 0 Å². The Morgan fingerprint density at radius 2 is 1.90 bits per heavy atom. The Kier molecular flexibility index (Phi) is 4.38. The Bertz CT molecular complexity index is 654. The van der Waals surface area contributed by atoms with Crippen LogP contribution in [0.1, 0.15) is 57.2 Å². The van der Waals surface area contributed by atoms with E-state index in [2.05, 4.69) is 63.2 Å². The first-order valence-electron chi connectivity index (χ1n) is 7.11. The molecule has 1 atom stereocenters. The lowest BCUT2D eigenvalue weighted by molar-refractivity contribution is 0.459. The topological polar surface area (TPSA) is 35.6 Å². The van der Waals surface area contributed by atoms with Crippen molar-refractivity contribution in [2.24, 2.45) is 0 Å². The number of benzene rings is 1. The molecular weight excluding hydrogens is 268 g/mol. The minimum atomic E-state index is 0.266. The van der Waals surface area contributed by atoms with Gasteiger partial charge in [0.2, 0.25) is 4.77 Å². The highest BCUT2D eigenvalue weighted by molar-refractivity contribution is 7.71. The van der Waals surface area contributed by atoms with Crippen molar-refractivity contribution in [1.82, 2.24) is 19.8 Å². The molecule has 5 heteroatoms. The summed E-state index contributed by atoms with van der Waals surface area (Å²) in [6.45, 7) is 10.7. The van der Waals surface area contributed by atoms with Gasteiger partial charge in [0.05, 0.1) is 11.7 Å². The quantitative estimate of drug-likeness (QED) is 0.792. The highest BCUT2D eigenvalue weighted by Crippen LogP contribution is 2.26. The van der Waals surface area contributed by atoms with E-state index < -0.39 is 0 Å². The number of aryl methyl sites for hydroxylation is 1. The first kappa shape index (κ1) is 14.9. The zero-order chi connectivity index (χ0) is 14.9. The van der Waals surface area contributed by atoms with Crippen LogP contribution in [-0.2, 0) is 0 Å². The van der Waals surface area contributed by atoms with Gasteiger partial charge in [-0.05, 0) is 60.0 Å². The maximum Gasteiger partial charge on any atom is 0.220 e. The Balaban J connectivity index is 2.64. The van der Waals surface area contributed by atoms with Crippen molar-refractivity contribution in [2.75, 3.05) is 0 Å². The van der Waals surface area contributed by atoms with Gasteiger partial charge in [-0.3, -0.25) is 0 Å². The molecule has 0 saturated heterocycles. The molecule has 0 N–H and O–H groups in total. The molecule has 1 aromatic heterocycles. The molecule has 0 saturated carbocycles. The van der Waals surface area contributed by atoms with Gasteiger partial charge in [0.1, 0.15) is 0 Å². The second kappa shape index (κ2) is 5.87. The van der Waals surface area contributed by atoms with E-state index in [1.165, 1.54) is 11.1 Å². The van der Waals surface area contributed by atoms with Crippen LogP contribution in [0.3, 0.4) is 0 Å². The van der Waals surface area contributed by atoms with Crippen LogP contribution in [0.2, 0.25) is 0 Å². The molecule has 0 aliphatic rings. The van der Waals surface area contributed by atoms with Crippen molar-refractivity contribution in [3.05, 3.63) is 34.1 Å². The lowest BCUT2D eigenvalue weighted by atomic mass is 9.98. The Morgan fingerprint density at radius 1 is 1.20 bits per heavy atom. The predicted octanol–water partition coefficient (Wildman–Crippen LogP) is 4.20. The molecule has 0 aliphatic heterocycles. The largest absolute Gasteiger partial charge is 0.220 e. The van der Waals surface area contributed by atoms with Crippen molar-refractivity contribution < 1.29 is 0 Å². The third kappa shape index (κ3) is 2.54. The van der Waals surface area contributed by atoms with Gasteiger partial charge in [0.25, 0.3) is 0 Å². The predicted molar refractivity (Wildman–Crippen MR) is 84.0 cm³/mol. The first-order valence-corrected chi connectivity index (χ1v) is 7.52. The van der Waals surface area contributed by atoms with E-state index in [0.717, 1.165) is 12.1 Å². The van der Waals surface area contributed by atoms with Crippen LogP contribution >= 0.6 is 12.2 Å². The Morgan fingerprint density at radius 3 is 2.50 bits per heavy atom. The van der Waals surface area contributed by atoms with E-state index in [4.69, 9.17) is 12.2 Å². The monoisotopic (exact) mass is 290 g/mol. The van der Waals surface area contributed by atoms with Crippen molar-refractivity contribution in [2.45, 2.75) is 53.0 Å². The maximum absolute atomic E-state index is 5.56. The van der Waals surface area contributed by atoms with Crippen LogP contribution in [0.4, 0.5) is 0 Å². The van der Waals surface area contributed by atoms with Gasteiger partial charge in [-0.25, -0.2) is 4.68 Å². The van der Waals surface area contributed by atoms with Gasteiger partial charge >= 0.3 is 0 Å². The fourth-order valence-corrected chi connectivity index (χ4v) is 2.63. The number of nitrogens with zero attached hydrogens (tertiary/aromatic N) is 4. The van der Waals surface area contributed by atoms with Crippen LogP contribution < -0.4 is 0 Å². The van der Waals surface area contributed by atoms with E-state index in [9.17, 15) is 0 Å². The fourth-order valence-electron chi connectivity index (χ4n) is 2.28. The van der Waals surface area contributed by atoms with Crippen LogP contribution in [0.25, 0.3) is 5.69 Å². The van der Waals surface area contributed by atoms with E-state index in [-0.39, 0.29) is 6.04 Å². The maximum atomic E-state index is 5.56. The summed E-state index contributed by atoms with van der Waals surface area (Å²) in [7, 11) is 0. The third-order valence-corrected chi connectivity index (χ3v) is 4.07. The van der Waals surface area contributed by atoms with Gasteiger partial charge in [-0.15, -0.1) is 0 Å². The molecule has 0 aliphatic carbocycles. The summed E-state index contributed by atoms with van der Waals surface area (Å²) in [5, 5.41) is 8.51. The zero-order valence-electron chi connectivity index (χ0n) is 12.8. The van der Waals surface area contributed by atoms with Crippen LogP contribution in [0, 0.1) is 11.7 Å². The summed E-state index contributed by atoms with van der Waals surface area (Å²) in [5.74, 6) is 0.417. The number of aromatic nitrogens is 4. The van der Waals surface area contributed by atoms with Crippen LogP contribution in [-0.4, -0.2) is 19.8 Å². The van der Waals surface area contributed by atoms with Gasteiger partial charge in [-0.2, -0.15) is 4.68 Å². The SMILES string of the molecule is CCC(C)n1nnn(-c2c(C)cccc2C(C)C)c1=S. The van der Waals surface area contributed by atoms with Crippen molar-refractivity contribution in [3.63, 3.8) is 0 Å². The summed E-state index contributed by atoms with van der Waals surface area (Å²) in [4.78, 5) is 0. The van der Waals surface area contributed by atoms with E-state index >= 15 is 0 Å². The second-order valence-electron chi connectivity index (χ2n) is 5.54. The minimum absolute atomic E-state index is 0.266. The molecule has 0 radical (unpaired) electrons. The number of hydrogen-bond donors (Lipinski definition) is 0. The first-order chi connectivity index (χ1) is 9.47. The standard InChI is InChI=1S/C15H22N4S/c1-6-12(5)18-15(20)19(17-16-18)14-11(4)8-7-9-13(14)10(2)3/h7-10,12H,6H2,1-5H3. The molecule has 2 rings (SSSR count). The van der Waals surface area contributed by atoms with Crippen molar-refractivity contribution in [3.8, 4) is 5.69 Å². The van der Waals surface area contributed by atoms with E-state index in [1.807, 2.05) is 4.68 Å². The molecule has 1 unspecified atom stereocenters. The summed E-state index contributed by atoms with van der Waals surface area (Å²) < 4.78 is 4.29. The average molecular weight is 290 g/mol. The van der Waals surface area contributed by atoms with Gasteiger partial charge < -0.3 is 0 Å². The number of para-hydroxylation sites is 1. The normalized spacial score (nSPS) is 12.9. The average Bonchev–Trinajstić information content (AvgIpc) is 2.79. The smallest absolute Gasteiger partial charge is 0.215 e. The van der Waals surface area contributed by atoms with Crippen LogP contribution in [0.15, 0.2) is 18.2 Å². The second-order valence-corrected chi connectivity index (χ2v) is 5.91. The molecule has 0 fully saturated rings. The molecule has 0 spiro atoms. The lowest BCUT2D eigenvalue weighted by Crippen LogP contribution is -2.08. The molecule has 4 nitrogen and oxygen atoms in total.